The number of hydrogen-bond donors (Lipinski definition) is 0. The maximum Gasteiger partial charge on any atom is 0.243 e. The molecule has 3 nitrogen and oxygen atoms in total. The van der Waals surface area contributed by atoms with Gasteiger partial charge in [-0.05, 0) is 31.9 Å². The standard InChI is InChI=1S/C16H19NO2S/c1-13-7-9-16(10-8-13)20(18,19)17-11-14-5-3-2-4-6-15(14)12-17/h3,5-10,14H,2,4,11-12H2,1H3/t14-/m0/s1. The van der Waals surface area contributed by atoms with Crippen molar-refractivity contribution in [2.45, 2.75) is 24.7 Å². The van der Waals surface area contributed by atoms with E-state index in [1.165, 1.54) is 5.57 Å². The molecule has 0 spiro atoms. The molecule has 0 radical (unpaired) electrons. The molecule has 1 aliphatic carbocycles. The Kier molecular flexibility index (Phi) is 3.52. The van der Waals surface area contributed by atoms with E-state index in [-0.39, 0.29) is 5.92 Å². The summed E-state index contributed by atoms with van der Waals surface area (Å²) in [5.74, 6) is 0.262. The Morgan fingerprint density at radius 2 is 1.90 bits per heavy atom. The van der Waals surface area contributed by atoms with E-state index in [0.717, 1.165) is 18.4 Å². The molecule has 0 saturated carbocycles. The zero-order valence-electron chi connectivity index (χ0n) is 11.6. The molecule has 4 heteroatoms. The van der Waals surface area contributed by atoms with Crippen molar-refractivity contribution in [2.24, 2.45) is 5.92 Å². The highest BCUT2D eigenvalue weighted by molar-refractivity contribution is 7.89. The number of rotatable bonds is 2. The van der Waals surface area contributed by atoms with Gasteiger partial charge in [0.1, 0.15) is 0 Å². The molecule has 0 bridgehead atoms. The number of sulfonamides is 1. The molecule has 1 aliphatic heterocycles. The van der Waals surface area contributed by atoms with Gasteiger partial charge in [0.15, 0.2) is 0 Å². The average molecular weight is 289 g/mol. The Hall–Kier alpha value is -1.39. The Bertz CT molecular complexity index is 656. The fourth-order valence-corrected chi connectivity index (χ4v) is 4.24. The van der Waals surface area contributed by atoms with E-state index in [1.54, 1.807) is 16.4 Å². The van der Waals surface area contributed by atoms with Crippen molar-refractivity contribution >= 4 is 10.0 Å². The van der Waals surface area contributed by atoms with Gasteiger partial charge in [-0.15, -0.1) is 0 Å². The van der Waals surface area contributed by atoms with Crippen LogP contribution >= 0.6 is 0 Å². The smallest absolute Gasteiger partial charge is 0.207 e. The van der Waals surface area contributed by atoms with Crippen molar-refractivity contribution in [1.82, 2.24) is 4.31 Å². The largest absolute Gasteiger partial charge is 0.243 e. The van der Waals surface area contributed by atoms with Crippen LogP contribution in [0.2, 0.25) is 0 Å². The van der Waals surface area contributed by atoms with Gasteiger partial charge in [-0.1, -0.05) is 41.5 Å². The van der Waals surface area contributed by atoms with Gasteiger partial charge < -0.3 is 0 Å². The van der Waals surface area contributed by atoms with Crippen molar-refractivity contribution < 1.29 is 8.42 Å². The Balaban J connectivity index is 1.88. The van der Waals surface area contributed by atoms with Gasteiger partial charge in [-0.2, -0.15) is 4.31 Å². The Labute approximate surface area is 120 Å². The van der Waals surface area contributed by atoms with Crippen molar-refractivity contribution in [3.05, 3.63) is 53.6 Å². The first-order valence-corrected chi connectivity index (χ1v) is 8.44. The summed E-state index contributed by atoms with van der Waals surface area (Å²) in [7, 11) is -3.37. The van der Waals surface area contributed by atoms with Crippen LogP contribution in [0.15, 0.2) is 53.0 Å². The minimum Gasteiger partial charge on any atom is -0.207 e. The first-order valence-electron chi connectivity index (χ1n) is 7.00. The topological polar surface area (TPSA) is 37.4 Å². The van der Waals surface area contributed by atoms with Crippen LogP contribution in [0.5, 0.6) is 0 Å². The minimum atomic E-state index is -3.37. The summed E-state index contributed by atoms with van der Waals surface area (Å²) >= 11 is 0. The predicted octanol–water partition coefficient (Wildman–Crippen LogP) is 2.89. The van der Waals surface area contributed by atoms with Crippen LogP contribution in [-0.2, 0) is 10.0 Å². The summed E-state index contributed by atoms with van der Waals surface area (Å²) in [5.41, 5.74) is 2.32. The lowest BCUT2D eigenvalue weighted by atomic mass is 10.0. The van der Waals surface area contributed by atoms with Crippen LogP contribution in [0.3, 0.4) is 0 Å². The maximum absolute atomic E-state index is 12.6. The summed E-state index contributed by atoms with van der Waals surface area (Å²) < 4.78 is 26.9. The molecule has 0 amide bonds. The molecule has 3 rings (SSSR count). The number of nitrogens with zero attached hydrogens (tertiary/aromatic N) is 1. The summed E-state index contributed by atoms with van der Waals surface area (Å²) in [5, 5.41) is 0. The zero-order chi connectivity index (χ0) is 14.2. The third-order valence-electron chi connectivity index (χ3n) is 4.00. The lowest BCUT2D eigenvalue weighted by Gasteiger charge is -2.15. The molecule has 1 atom stereocenters. The summed E-state index contributed by atoms with van der Waals surface area (Å²) in [6, 6.07) is 7.09. The molecule has 1 fully saturated rings. The molecule has 2 aliphatic rings. The highest BCUT2D eigenvalue weighted by Crippen LogP contribution is 2.31. The fourth-order valence-electron chi connectivity index (χ4n) is 2.79. The molecule has 0 N–H and O–H groups in total. The Morgan fingerprint density at radius 1 is 1.15 bits per heavy atom. The molecule has 0 unspecified atom stereocenters. The predicted molar refractivity (Wildman–Crippen MR) is 79.9 cm³/mol. The average Bonchev–Trinajstić information content (AvgIpc) is 2.72. The van der Waals surface area contributed by atoms with E-state index in [1.807, 2.05) is 19.1 Å². The van der Waals surface area contributed by atoms with E-state index in [4.69, 9.17) is 0 Å². The molecular formula is C16H19NO2S. The monoisotopic (exact) mass is 289 g/mol. The van der Waals surface area contributed by atoms with Crippen LogP contribution in [-0.4, -0.2) is 25.8 Å². The van der Waals surface area contributed by atoms with Gasteiger partial charge in [0.05, 0.1) is 4.90 Å². The van der Waals surface area contributed by atoms with Crippen LogP contribution in [0, 0.1) is 12.8 Å². The van der Waals surface area contributed by atoms with Gasteiger partial charge in [-0.25, -0.2) is 8.42 Å². The first kappa shape index (κ1) is 13.6. The second-order valence-electron chi connectivity index (χ2n) is 5.50. The number of hydrogen-bond acceptors (Lipinski definition) is 2. The highest BCUT2D eigenvalue weighted by Gasteiger charge is 2.34. The van der Waals surface area contributed by atoms with Gasteiger partial charge >= 0.3 is 0 Å². The second kappa shape index (κ2) is 5.19. The number of fused-ring (bicyclic) bond motifs is 1. The van der Waals surface area contributed by atoms with Gasteiger partial charge in [0.25, 0.3) is 0 Å². The van der Waals surface area contributed by atoms with E-state index in [2.05, 4.69) is 18.2 Å². The normalized spacial score (nSPS) is 23.2. The van der Waals surface area contributed by atoms with E-state index < -0.39 is 10.0 Å². The van der Waals surface area contributed by atoms with Gasteiger partial charge in [0, 0.05) is 19.0 Å². The quantitative estimate of drug-likeness (QED) is 0.785. The molecule has 1 aromatic carbocycles. The first-order chi connectivity index (χ1) is 9.57. The van der Waals surface area contributed by atoms with Crippen LogP contribution in [0.1, 0.15) is 18.4 Å². The number of allylic oxidation sites excluding steroid dienone is 2. The third-order valence-corrected chi connectivity index (χ3v) is 5.83. The summed E-state index contributed by atoms with van der Waals surface area (Å²) in [4.78, 5) is 0.393. The molecule has 0 aromatic heterocycles. The Morgan fingerprint density at radius 3 is 2.65 bits per heavy atom. The third kappa shape index (κ3) is 2.45. The van der Waals surface area contributed by atoms with Crippen molar-refractivity contribution in [3.63, 3.8) is 0 Å². The molecule has 106 valence electrons. The summed E-state index contributed by atoms with van der Waals surface area (Å²) in [6.45, 7) is 3.06. The fraction of sp³-hybridized carbons (Fsp3) is 0.375. The zero-order valence-corrected chi connectivity index (χ0v) is 12.4. The maximum atomic E-state index is 12.6. The van der Waals surface area contributed by atoms with Gasteiger partial charge in [0.2, 0.25) is 10.0 Å². The lowest BCUT2D eigenvalue weighted by Crippen LogP contribution is -2.28. The van der Waals surface area contributed by atoms with Crippen molar-refractivity contribution in [1.29, 1.82) is 0 Å². The summed E-state index contributed by atoms with van der Waals surface area (Å²) in [6.07, 6.45) is 8.60. The number of aryl methyl sites for hydroxylation is 1. The van der Waals surface area contributed by atoms with Crippen LogP contribution < -0.4 is 0 Å². The van der Waals surface area contributed by atoms with Gasteiger partial charge in [-0.3, -0.25) is 0 Å². The highest BCUT2D eigenvalue weighted by atomic mass is 32.2. The molecule has 20 heavy (non-hydrogen) atoms. The van der Waals surface area contributed by atoms with Crippen molar-refractivity contribution in [3.8, 4) is 0 Å². The molecule has 1 saturated heterocycles. The molecule has 1 aromatic rings. The SMILES string of the molecule is Cc1ccc(S(=O)(=O)N2CC3=CCCC=C[C@H]3C2)cc1. The van der Waals surface area contributed by atoms with Crippen molar-refractivity contribution in [2.75, 3.05) is 13.1 Å². The van der Waals surface area contributed by atoms with Crippen LogP contribution in [0.4, 0.5) is 0 Å². The van der Waals surface area contributed by atoms with E-state index in [0.29, 0.717) is 18.0 Å². The molecular weight excluding hydrogens is 270 g/mol. The van der Waals surface area contributed by atoms with E-state index in [9.17, 15) is 8.42 Å². The van der Waals surface area contributed by atoms with E-state index >= 15 is 0 Å². The van der Waals surface area contributed by atoms with Crippen LogP contribution in [0.25, 0.3) is 0 Å². The lowest BCUT2D eigenvalue weighted by molar-refractivity contribution is 0.471. The second-order valence-corrected chi connectivity index (χ2v) is 7.44. The molecule has 1 heterocycles. The minimum absolute atomic E-state index is 0.262. The number of benzene rings is 1.